The maximum atomic E-state index is 12.2. The molecule has 0 aliphatic heterocycles. The summed E-state index contributed by atoms with van der Waals surface area (Å²) < 4.78 is 5.37. The number of nitrogens with zero attached hydrogens (tertiary/aromatic N) is 1. The summed E-state index contributed by atoms with van der Waals surface area (Å²) in [5, 5.41) is 10.1. The molecule has 0 fully saturated rings. The summed E-state index contributed by atoms with van der Waals surface area (Å²) in [6.45, 7) is 5.69. The minimum Gasteiger partial charge on any atom is -0.423 e. The van der Waals surface area contributed by atoms with E-state index in [-0.39, 0.29) is 5.92 Å². The van der Waals surface area contributed by atoms with E-state index in [4.69, 9.17) is 16.3 Å². The first-order valence-corrected chi connectivity index (χ1v) is 8.03. The molecule has 1 N–H and O–H groups in total. The third kappa shape index (κ3) is 5.18. The van der Waals surface area contributed by atoms with E-state index in [9.17, 15) is 9.90 Å². The smallest absolute Gasteiger partial charge is 0.343 e. The Morgan fingerprint density at radius 2 is 1.88 bits per heavy atom. The molecule has 1 atom stereocenters. The number of aliphatic hydroxyl groups excluding tert-OH is 1. The molecule has 2 aromatic carbocycles. The molecule has 0 aliphatic carbocycles. The lowest BCUT2D eigenvalue weighted by Gasteiger charge is -2.09. The number of carbonyl (C=O) groups excluding carboxylic acids is 1. The molecule has 0 saturated heterocycles. The number of ether oxygens (including phenoxy) is 1. The monoisotopic (exact) mass is 345 g/mol. The van der Waals surface area contributed by atoms with Gasteiger partial charge >= 0.3 is 5.97 Å². The van der Waals surface area contributed by atoms with E-state index in [0.29, 0.717) is 21.9 Å². The van der Waals surface area contributed by atoms with Gasteiger partial charge in [0.2, 0.25) is 0 Å². The molecule has 0 bridgehead atoms. The number of benzene rings is 2. The molecule has 2 aromatic rings. The Labute approximate surface area is 146 Å². The second-order valence-electron chi connectivity index (χ2n) is 5.91. The molecule has 4 nitrogen and oxygen atoms in total. The molecule has 0 amide bonds. The van der Waals surface area contributed by atoms with Crippen LogP contribution in [0.3, 0.4) is 0 Å². The molecule has 126 valence electrons. The first kappa shape index (κ1) is 18.2. The van der Waals surface area contributed by atoms with Crippen molar-refractivity contribution in [1.82, 2.24) is 0 Å². The number of aliphatic imine (C=N–C) groups is 1. The Kier molecular flexibility index (Phi) is 6.12. The third-order valence-electron chi connectivity index (χ3n) is 3.36. The molecule has 0 saturated carbocycles. The van der Waals surface area contributed by atoms with Gasteiger partial charge in [-0.1, -0.05) is 43.1 Å². The highest BCUT2D eigenvalue weighted by atomic mass is 35.5. The standard InChI is InChI=1S/C19H20ClNO3/c1-12(2)18(22)21-11-14-8-16(20)10-17(9-14)24-19(23)15-6-4-13(3)5-7-15/h4-12,18,22H,1-3H3/b21-11+. The SMILES string of the molecule is Cc1ccc(C(=O)Oc2cc(Cl)cc(/C=N/C(O)C(C)C)c2)cc1. The van der Waals surface area contributed by atoms with Gasteiger partial charge in [-0.15, -0.1) is 0 Å². The number of halogens is 1. The quantitative estimate of drug-likeness (QED) is 0.500. The number of aryl methyl sites for hydroxylation is 1. The molecule has 0 aliphatic rings. The summed E-state index contributed by atoms with van der Waals surface area (Å²) in [6.07, 6.45) is 0.724. The minimum absolute atomic E-state index is 0.0132. The Bertz CT molecular complexity index is 739. The van der Waals surface area contributed by atoms with Crippen molar-refractivity contribution in [2.75, 3.05) is 0 Å². The molecular weight excluding hydrogens is 326 g/mol. The zero-order valence-corrected chi connectivity index (χ0v) is 14.6. The maximum Gasteiger partial charge on any atom is 0.343 e. The number of rotatable bonds is 5. The van der Waals surface area contributed by atoms with Gasteiger partial charge in [0.1, 0.15) is 12.0 Å². The van der Waals surface area contributed by atoms with Crippen LogP contribution in [0.5, 0.6) is 5.75 Å². The fourth-order valence-electron chi connectivity index (χ4n) is 1.91. The van der Waals surface area contributed by atoms with E-state index in [2.05, 4.69) is 4.99 Å². The van der Waals surface area contributed by atoms with Crippen LogP contribution in [0.25, 0.3) is 0 Å². The van der Waals surface area contributed by atoms with Crippen molar-refractivity contribution in [3.8, 4) is 5.75 Å². The van der Waals surface area contributed by atoms with E-state index < -0.39 is 12.2 Å². The molecule has 24 heavy (non-hydrogen) atoms. The fourth-order valence-corrected chi connectivity index (χ4v) is 2.14. The van der Waals surface area contributed by atoms with Gasteiger partial charge in [0.15, 0.2) is 0 Å². The summed E-state index contributed by atoms with van der Waals surface area (Å²) in [5.74, 6) is -0.116. The molecule has 5 heteroatoms. The van der Waals surface area contributed by atoms with Gasteiger partial charge < -0.3 is 9.84 Å². The second-order valence-corrected chi connectivity index (χ2v) is 6.35. The van der Waals surface area contributed by atoms with Crippen LogP contribution in [0.15, 0.2) is 47.5 Å². The molecule has 1 unspecified atom stereocenters. The Balaban J connectivity index is 2.16. The summed E-state index contributed by atoms with van der Waals surface area (Å²) in [4.78, 5) is 16.2. The topological polar surface area (TPSA) is 58.9 Å². The fraction of sp³-hybridized carbons (Fsp3) is 0.263. The average Bonchev–Trinajstić information content (AvgIpc) is 2.52. The molecule has 2 rings (SSSR count). The lowest BCUT2D eigenvalue weighted by Crippen LogP contribution is -2.11. The van der Waals surface area contributed by atoms with Gasteiger partial charge in [-0.25, -0.2) is 4.79 Å². The predicted molar refractivity (Wildman–Crippen MR) is 96.0 cm³/mol. The molecule has 0 spiro atoms. The highest BCUT2D eigenvalue weighted by Crippen LogP contribution is 2.21. The summed E-state index contributed by atoms with van der Waals surface area (Å²) in [5.41, 5.74) is 2.18. The van der Waals surface area contributed by atoms with Gasteiger partial charge in [-0.3, -0.25) is 4.99 Å². The van der Waals surface area contributed by atoms with Crippen LogP contribution >= 0.6 is 11.6 Å². The zero-order valence-electron chi connectivity index (χ0n) is 13.9. The summed E-state index contributed by atoms with van der Waals surface area (Å²) in [7, 11) is 0. The normalized spacial score (nSPS) is 12.6. The van der Waals surface area contributed by atoms with Gasteiger partial charge in [0.05, 0.1) is 5.56 Å². The Morgan fingerprint density at radius 1 is 1.21 bits per heavy atom. The van der Waals surface area contributed by atoms with Crippen molar-refractivity contribution in [1.29, 1.82) is 0 Å². The number of carbonyl (C=O) groups is 1. The van der Waals surface area contributed by atoms with Crippen molar-refractivity contribution in [2.45, 2.75) is 27.0 Å². The third-order valence-corrected chi connectivity index (χ3v) is 3.58. The largest absolute Gasteiger partial charge is 0.423 e. The number of hydrogen-bond donors (Lipinski definition) is 1. The van der Waals surface area contributed by atoms with Crippen LogP contribution in [0.4, 0.5) is 0 Å². The van der Waals surface area contributed by atoms with Crippen LogP contribution in [0.1, 0.15) is 35.3 Å². The van der Waals surface area contributed by atoms with E-state index in [1.165, 1.54) is 6.21 Å². The first-order valence-electron chi connectivity index (χ1n) is 7.66. The van der Waals surface area contributed by atoms with Crippen molar-refractivity contribution in [3.63, 3.8) is 0 Å². The second kappa shape index (κ2) is 8.08. The maximum absolute atomic E-state index is 12.2. The van der Waals surface area contributed by atoms with E-state index >= 15 is 0 Å². The predicted octanol–water partition coefficient (Wildman–Crippen LogP) is 4.26. The van der Waals surface area contributed by atoms with Crippen molar-refractivity contribution in [2.24, 2.45) is 10.9 Å². The van der Waals surface area contributed by atoms with Crippen LogP contribution in [0.2, 0.25) is 5.02 Å². The van der Waals surface area contributed by atoms with E-state index in [1.807, 2.05) is 32.9 Å². The number of esters is 1. The summed E-state index contributed by atoms with van der Waals surface area (Å²) >= 11 is 6.06. The van der Waals surface area contributed by atoms with Crippen molar-refractivity contribution in [3.05, 3.63) is 64.2 Å². The van der Waals surface area contributed by atoms with Gasteiger partial charge in [-0.2, -0.15) is 0 Å². The highest BCUT2D eigenvalue weighted by molar-refractivity contribution is 6.31. The Hall–Kier alpha value is -2.17. The molecule has 0 heterocycles. The van der Waals surface area contributed by atoms with Gasteiger partial charge in [0, 0.05) is 11.2 Å². The van der Waals surface area contributed by atoms with Crippen LogP contribution in [-0.4, -0.2) is 23.5 Å². The average molecular weight is 346 g/mol. The van der Waals surface area contributed by atoms with Crippen molar-refractivity contribution < 1.29 is 14.6 Å². The zero-order chi connectivity index (χ0) is 17.7. The number of aliphatic hydroxyl groups is 1. The Morgan fingerprint density at radius 3 is 2.50 bits per heavy atom. The first-order chi connectivity index (χ1) is 11.3. The van der Waals surface area contributed by atoms with Crippen LogP contribution in [0, 0.1) is 12.8 Å². The van der Waals surface area contributed by atoms with E-state index in [1.54, 1.807) is 30.3 Å². The summed E-state index contributed by atoms with van der Waals surface area (Å²) in [6, 6.07) is 12.0. The van der Waals surface area contributed by atoms with Crippen LogP contribution < -0.4 is 4.74 Å². The van der Waals surface area contributed by atoms with Crippen LogP contribution in [-0.2, 0) is 0 Å². The van der Waals surface area contributed by atoms with Gasteiger partial charge in [-0.05, 0) is 48.7 Å². The molecule has 0 aromatic heterocycles. The molecular formula is C19H20ClNO3. The van der Waals surface area contributed by atoms with Crippen molar-refractivity contribution >= 4 is 23.8 Å². The lowest BCUT2D eigenvalue weighted by molar-refractivity contribution is 0.0734. The minimum atomic E-state index is -0.789. The highest BCUT2D eigenvalue weighted by Gasteiger charge is 2.10. The van der Waals surface area contributed by atoms with Gasteiger partial charge in [0.25, 0.3) is 0 Å². The lowest BCUT2D eigenvalue weighted by atomic mass is 10.1. The van der Waals surface area contributed by atoms with E-state index in [0.717, 1.165) is 5.56 Å². The number of hydrogen-bond acceptors (Lipinski definition) is 4. The molecule has 0 radical (unpaired) electrons.